The molecule has 0 aromatic heterocycles. The summed E-state index contributed by atoms with van der Waals surface area (Å²) in [6, 6.07) is 24.7. The van der Waals surface area contributed by atoms with Crippen molar-refractivity contribution in [2.24, 2.45) is 5.10 Å². The zero-order valence-corrected chi connectivity index (χ0v) is 17.3. The molecule has 0 radical (unpaired) electrons. The lowest BCUT2D eigenvalue weighted by Crippen LogP contribution is -2.19. The standard InChI is InChI=1S/C24H19N3O3S/c28-24(16-31-15-17-9-11-20(12-10-17)27(29)30)26-25-14-23-21-7-3-1-5-18(21)13-19-6-2-4-8-22(19)23/h1-14H,15-16H2,(H,26,28)/b25-14+. The molecule has 0 saturated heterocycles. The molecule has 4 rings (SSSR count). The molecular formula is C24H19N3O3S. The Bertz CT molecular complexity index is 1230. The van der Waals surface area contributed by atoms with Crippen molar-refractivity contribution in [3.63, 3.8) is 0 Å². The predicted octanol–water partition coefficient (Wildman–Crippen LogP) is 5.28. The summed E-state index contributed by atoms with van der Waals surface area (Å²) >= 11 is 1.42. The van der Waals surface area contributed by atoms with Gasteiger partial charge in [-0.15, -0.1) is 11.8 Å². The van der Waals surface area contributed by atoms with E-state index in [1.807, 2.05) is 36.4 Å². The van der Waals surface area contributed by atoms with Crippen LogP contribution in [0.5, 0.6) is 0 Å². The van der Waals surface area contributed by atoms with Crippen LogP contribution in [0.4, 0.5) is 5.69 Å². The maximum atomic E-state index is 12.2. The number of non-ortho nitro benzene ring substituents is 1. The zero-order chi connectivity index (χ0) is 21.6. The predicted molar refractivity (Wildman–Crippen MR) is 126 cm³/mol. The van der Waals surface area contributed by atoms with Crippen LogP contribution in [0.25, 0.3) is 21.5 Å². The van der Waals surface area contributed by atoms with E-state index >= 15 is 0 Å². The molecule has 6 nitrogen and oxygen atoms in total. The number of fused-ring (bicyclic) bond motifs is 2. The number of nitro groups is 1. The van der Waals surface area contributed by atoms with Gasteiger partial charge in [-0.2, -0.15) is 5.10 Å². The summed E-state index contributed by atoms with van der Waals surface area (Å²) < 4.78 is 0. The normalized spacial score (nSPS) is 11.2. The fraction of sp³-hybridized carbons (Fsp3) is 0.0833. The number of hydrogen-bond acceptors (Lipinski definition) is 5. The third-order valence-electron chi connectivity index (χ3n) is 4.84. The molecule has 0 saturated carbocycles. The Hall–Kier alpha value is -3.71. The van der Waals surface area contributed by atoms with Crippen LogP contribution in [0.15, 0.2) is 84.0 Å². The van der Waals surface area contributed by atoms with Crippen molar-refractivity contribution in [1.29, 1.82) is 0 Å². The van der Waals surface area contributed by atoms with E-state index in [-0.39, 0.29) is 17.3 Å². The van der Waals surface area contributed by atoms with E-state index in [1.54, 1.807) is 18.3 Å². The number of carbonyl (C=O) groups is 1. The molecule has 1 N–H and O–H groups in total. The molecule has 1 amide bonds. The Balaban J connectivity index is 1.39. The first-order valence-corrected chi connectivity index (χ1v) is 10.8. The highest BCUT2D eigenvalue weighted by molar-refractivity contribution is 7.99. The Morgan fingerprint density at radius 2 is 1.58 bits per heavy atom. The number of nitrogens with one attached hydrogen (secondary N) is 1. The van der Waals surface area contributed by atoms with E-state index in [0.717, 1.165) is 32.7 Å². The fourth-order valence-corrected chi connectivity index (χ4v) is 4.14. The van der Waals surface area contributed by atoms with E-state index in [4.69, 9.17) is 0 Å². The smallest absolute Gasteiger partial charge is 0.269 e. The first kappa shape index (κ1) is 20.6. The van der Waals surface area contributed by atoms with Gasteiger partial charge in [-0.25, -0.2) is 5.43 Å². The van der Waals surface area contributed by atoms with Gasteiger partial charge in [-0.3, -0.25) is 14.9 Å². The number of amides is 1. The number of rotatable bonds is 7. The van der Waals surface area contributed by atoms with Crippen molar-refractivity contribution in [2.75, 3.05) is 5.75 Å². The molecule has 4 aromatic rings. The third kappa shape index (κ3) is 4.90. The molecule has 154 valence electrons. The highest BCUT2D eigenvalue weighted by Crippen LogP contribution is 2.27. The monoisotopic (exact) mass is 429 g/mol. The van der Waals surface area contributed by atoms with E-state index in [0.29, 0.717) is 5.75 Å². The van der Waals surface area contributed by atoms with Crippen molar-refractivity contribution in [2.45, 2.75) is 5.75 Å². The van der Waals surface area contributed by atoms with Crippen LogP contribution in [0.3, 0.4) is 0 Å². The molecule has 0 spiro atoms. The molecule has 7 heteroatoms. The van der Waals surface area contributed by atoms with Gasteiger partial charge in [0.15, 0.2) is 0 Å². The van der Waals surface area contributed by atoms with Gasteiger partial charge in [-0.1, -0.05) is 60.7 Å². The molecule has 4 aromatic carbocycles. The molecule has 0 bridgehead atoms. The Morgan fingerprint density at radius 3 is 2.19 bits per heavy atom. The average Bonchev–Trinajstić information content (AvgIpc) is 2.79. The first-order chi connectivity index (χ1) is 15.1. The summed E-state index contributed by atoms with van der Waals surface area (Å²) in [4.78, 5) is 22.4. The summed E-state index contributed by atoms with van der Waals surface area (Å²) in [6.45, 7) is 0. The van der Waals surface area contributed by atoms with Crippen LogP contribution in [0.2, 0.25) is 0 Å². The van der Waals surface area contributed by atoms with Crippen LogP contribution in [0, 0.1) is 10.1 Å². The molecule has 0 aliphatic carbocycles. The van der Waals surface area contributed by atoms with Gasteiger partial charge in [0, 0.05) is 23.4 Å². The lowest BCUT2D eigenvalue weighted by molar-refractivity contribution is -0.384. The van der Waals surface area contributed by atoms with Gasteiger partial charge in [0.05, 0.1) is 16.9 Å². The second-order valence-corrected chi connectivity index (χ2v) is 7.93. The summed E-state index contributed by atoms with van der Waals surface area (Å²) in [5, 5.41) is 19.3. The Morgan fingerprint density at radius 1 is 0.968 bits per heavy atom. The zero-order valence-electron chi connectivity index (χ0n) is 16.5. The topological polar surface area (TPSA) is 84.6 Å². The molecule has 0 unspecified atom stereocenters. The van der Waals surface area contributed by atoms with Crippen LogP contribution in [0.1, 0.15) is 11.1 Å². The number of benzene rings is 4. The summed E-state index contributed by atoms with van der Waals surface area (Å²) in [5.41, 5.74) is 4.54. The molecular weight excluding hydrogens is 410 g/mol. The van der Waals surface area contributed by atoms with Gasteiger partial charge in [0.2, 0.25) is 5.91 Å². The van der Waals surface area contributed by atoms with Gasteiger partial charge < -0.3 is 0 Å². The fourth-order valence-electron chi connectivity index (χ4n) is 3.36. The molecule has 31 heavy (non-hydrogen) atoms. The third-order valence-corrected chi connectivity index (χ3v) is 5.85. The molecule has 0 fully saturated rings. The molecule has 0 aliphatic rings. The van der Waals surface area contributed by atoms with Crippen LogP contribution < -0.4 is 5.43 Å². The van der Waals surface area contributed by atoms with Crippen molar-refractivity contribution < 1.29 is 9.72 Å². The highest BCUT2D eigenvalue weighted by Gasteiger charge is 2.07. The quantitative estimate of drug-likeness (QED) is 0.187. The second kappa shape index (κ2) is 9.40. The van der Waals surface area contributed by atoms with Gasteiger partial charge in [0.25, 0.3) is 5.69 Å². The maximum absolute atomic E-state index is 12.2. The number of hydrogen-bond donors (Lipinski definition) is 1. The second-order valence-electron chi connectivity index (χ2n) is 6.94. The minimum absolute atomic E-state index is 0.0572. The first-order valence-electron chi connectivity index (χ1n) is 9.65. The number of thioether (sulfide) groups is 1. The van der Waals surface area contributed by atoms with Gasteiger partial charge in [-0.05, 0) is 33.2 Å². The van der Waals surface area contributed by atoms with E-state index in [9.17, 15) is 14.9 Å². The maximum Gasteiger partial charge on any atom is 0.269 e. The van der Waals surface area contributed by atoms with Crippen molar-refractivity contribution in [3.05, 3.63) is 100 Å². The van der Waals surface area contributed by atoms with Crippen molar-refractivity contribution in [1.82, 2.24) is 5.43 Å². The van der Waals surface area contributed by atoms with E-state index in [1.165, 1.54) is 23.9 Å². The Labute approximate surface area is 183 Å². The molecule has 0 atom stereocenters. The number of carbonyl (C=O) groups excluding carboxylic acids is 1. The SMILES string of the molecule is O=C(CSCc1ccc([N+](=O)[O-])cc1)N/N=C/c1c2ccccc2cc2ccccc12. The van der Waals surface area contributed by atoms with E-state index in [2.05, 4.69) is 28.7 Å². The van der Waals surface area contributed by atoms with E-state index < -0.39 is 4.92 Å². The van der Waals surface area contributed by atoms with Gasteiger partial charge >= 0.3 is 0 Å². The van der Waals surface area contributed by atoms with Crippen LogP contribution in [-0.4, -0.2) is 22.8 Å². The van der Waals surface area contributed by atoms with Crippen LogP contribution in [-0.2, 0) is 10.5 Å². The lowest BCUT2D eigenvalue weighted by atomic mass is 9.97. The minimum Gasteiger partial charge on any atom is -0.272 e. The van der Waals surface area contributed by atoms with Crippen LogP contribution >= 0.6 is 11.8 Å². The largest absolute Gasteiger partial charge is 0.272 e. The highest BCUT2D eigenvalue weighted by atomic mass is 32.2. The minimum atomic E-state index is -0.429. The summed E-state index contributed by atoms with van der Waals surface area (Å²) in [7, 11) is 0. The molecule has 0 aliphatic heterocycles. The molecule has 0 heterocycles. The lowest BCUT2D eigenvalue weighted by Gasteiger charge is -2.08. The Kier molecular flexibility index (Phi) is 6.24. The van der Waals surface area contributed by atoms with Crippen molar-refractivity contribution in [3.8, 4) is 0 Å². The van der Waals surface area contributed by atoms with Crippen molar-refractivity contribution >= 4 is 51.1 Å². The number of nitrogens with zero attached hydrogens (tertiary/aromatic N) is 2. The summed E-state index contributed by atoms with van der Waals surface area (Å²) in [5.74, 6) is 0.626. The van der Waals surface area contributed by atoms with Gasteiger partial charge in [0.1, 0.15) is 0 Å². The average molecular weight is 430 g/mol. The summed E-state index contributed by atoms with van der Waals surface area (Å²) in [6.07, 6.45) is 1.70. The number of nitro benzene ring substituents is 1. The number of hydrazone groups is 1.